The van der Waals surface area contributed by atoms with Crippen LogP contribution in [0.15, 0.2) is 40.9 Å². The summed E-state index contributed by atoms with van der Waals surface area (Å²) in [4.78, 5) is 0.355. The van der Waals surface area contributed by atoms with Gasteiger partial charge in [0, 0.05) is 24.4 Å². The van der Waals surface area contributed by atoms with Crippen molar-refractivity contribution < 1.29 is 13.5 Å². The van der Waals surface area contributed by atoms with Crippen molar-refractivity contribution >= 4 is 18.1 Å². The number of nitrogens with zero attached hydrogens (tertiary/aromatic N) is 1. The highest BCUT2D eigenvalue weighted by Gasteiger charge is 2.72. The second-order valence-electron chi connectivity index (χ2n) is 9.66. The number of aliphatic hydroxyl groups is 1. The first-order valence-electron chi connectivity index (χ1n) is 9.27. The van der Waals surface area contributed by atoms with Gasteiger partial charge in [0.05, 0.1) is 18.6 Å². The Bertz CT molecular complexity index is 818. The van der Waals surface area contributed by atoms with Crippen LogP contribution in [0, 0.1) is 24.2 Å². The van der Waals surface area contributed by atoms with Crippen molar-refractivity contribution in [1.29, 1.82) is 0 Å². The van der Waals surface area contributed by atoms with Crippen LogP contribution >= 0.6 is 0 Å². The number of aryl methyl sites for hydroxylation is 1. The molecule has 0 amide bonds. The molecule has 1 aliphatic heterocycles. The van der Waals surface area contributed by atoms with Crippen molar-refractivity contribution in [2.45, 2.75) is 50.9 Å². The fraction of sp³-hybridized carbons (Fsp3) is 0.600. The highest BCUT2D eigenvalue weighted by molar-refractivity contribution is 7.89. The lowest BCUT2D eigenvalue weighted by Crippen LogP contribution is -2.38. The molecule has 0 bridgehead atoms. The van der Waals surface area contributed by atoms with Crippen LogP contribution in [0.4, 0.5) is 0 Å². The van der Waals surface area contributed by atoms with Gasteiger partial charge in [0.25, 0.3) is 0 Å². The van der Waals surface area contributed by atoms with E-state index in [0.29, 0.717) is 18.0 Å². The Balaban J connectivity index is 1.90. The maximum Gasteiger partial charge on any atom is 0.243 e. The number of benzene rings is 1. The molecule has 4 nitrogen and oxygen atoms in total. The third kappa shape index (κ3) is 3.44. The fourth-order valence-corrected chi connectivity index (χ4v) is 6.84. The molecule has 1 aliphatic carbocycles. The summed E-state index contributed by atoms with van der Waals surface area (Å²) in [6.45, 7) is 13.4. The topological polar surface area (TPSA) is 57.6 Å². The summed E-state index contributed by atoms with van der Waals surface area (Å²) in [5.41, 5.74) is 2.32. The van der Waals surface area contributed by atoms with Crippen molar-refractivity contribution in [2.24, 2.45) is 17.3 Å². The molecule has 1 aromatic rings. The van der Waals surface area contributed by atoms with Crippen LogP contribution in [0.25, 0.3) is 0 Å². The monoisotopic (exact) mass is 393 g/mol. The van der Waals surface area contributed by atoms with Gasteiger partial charge in [-0.3, -0.25) is 0 Å². The Morgan fingerprint density at radius 2 is 1.81 bits per heavy atom. The Morgan fingerprint density at radius 1 is 1.23 bits per heavy atom. The van der Waals surface area contributed by atoms with Gasteiger partial charge in [-0.15, -0.1) is 0 Å². The van der Waals surface area contributed by atoms with Crippen LogP contribution < -0.4 is 0 Å². The van der Waals surface area contributed by atoms with Crippen LogP contribution in [-0.2, 0) is 10.0 Å². The molecular weight excluding hydrogens is 362 g/mol. The van der Waals surface area contributed by atoms with E-state index >= 15 is 0 Å². The molecule has 3 unspecified atom stereocenters. The molecule has 3 atom stereocenters. The number of sulfonamides is 1. The van der Waals surface area contributed by atoms with Crippen LogP contribution in [0.2, 0.25) is 19.6 Å². The van der Waals surface area contributed by atoms with Crippen LogP contribution in [0.3, 0.4) is 0 Å². The maximum absolute atomic E-state index is 13.1. The van der Waals surface area contributed by atoms with Gasteiger partial charge in [0.2, 0.25) is 10.0 Å². The summed E-state index contributed by atoms with van der Waals surface area (Å²) >= 11 is 0. The highest BCUT2D eigenvalue weighted by Crippen LogP contribution is 2.68. The van der Waals surface area contributed by atoms with E-state index in [-0.39, 0.29) is 17.3 Å². The molecule has 1 aromatic carbocycles. The number of fused-ring (bicyclic) bond motifs is 1. The highest BCUT2D eigenvalue weighted by atomic mass is 32.2. The molecule has 2 aliphatic rings. The molecule has 0 radical (unpaired) electrons. The average Bonchev–Trinajstić information content (AvgIpc) is 2.97. The largest absolute Gasteiger partial charge is 0.390 e. The van der Waals surface area contributed by atoms with E-state index in [9.17, 15) is 13.5 Å². The first-order valence-corrected chi connectivity index (χ1v) is 14.3. The van der Waals surface area contributed by atoms with Gasteiger partial charge >= 0.3 is 0 Å². The van der Waals surface area contributed by atoms with Gasteiger partial charge in [0.15, 0.2) is 0 Å². The van der Waals surface area contributed by atoms with Crippen molar-refractivity contribution in [1.82, 2.24) is 4.31 Å². The molecule has 6 heteroatoms. The van der Waals surface area contributed by atoms with Crippen molar-refractivity contribution in [3.05, 3.63) is 41.6 Å². The molecule has 0 aromatic heterocycles. The Hall–Kier alpha value is -0.953. The number of hydrogen-bond donors (Lipinski definition) is 1. The van der Waals surface area contributed by atoms with E-state index in [4.69, 9.17) is 0 Å². The second kappa shape index (κ2) is 6.02. The lowest BCUT2D eigenvalue weighted by atomic mass is 9.93. The summed E-state index contributed by atoms with van der Waals surface area (Å²) in [6, 6.07) is 7.05. The summed E-state index contributed by atoms with van der Waals surface area (Å²) in [5.74, 6) is 0.308. The summed E-state index contributed by atoms with van der Waals surface area (Å²) in [5, 5.41) is 10.6. The van der Waals surface area contributed by atoms with E-state index in [1.54, 1.807) is 16.4 Å². The summed E-state index contributed by atoms with van der Waals surface area (Å²) < 4.78 is 27.7. The zero-order valence-corrected chi connectivity index (χ0v) is 18.5. The van der Waals surface area contributed by atoms with Crippen LogP contribution in [0.1, 0.15) is 19.4 Å². The maximum atomic E-state index is 13.1. The van der Waals surface area contributed by atoms with Crippen molar-refractivity contribution in [3.8, 4) is 0 Å². The molecule has 26 heavy (non-hydrogen) atoms. The third-order valence-electron chi connectivity index (χ3n) is 5.73. The van der Waals surface area contributed by atoms with E-state index in [1.807, 2.05) is 32.9 Å². The predicted molar refractivity (Wildman–Crippen MR) is 108 cm³/mol. The number of hydrogen-bond acceptors (Lipinski definition) is 3. The van der Waals surface area contributed by atoms with E-state index in [0.717, 1.165) is 5.56 Å². The third-order valence-corrected chi connectivity index (χ3v) is 8.72. The van der Waals surface area contributed by atoms with E-state index < -0.39 is 23.7 Å². The van der Waals surface area contributed by atoms with Crippen LogP contribution in [-0.4, -0.2) is 44.6 Å². The molecule has 1 N–H and O–H groups in total. The van der Waals surface area contributed by atoms with Gasteiger partial charge in [-0.2, -0.15) is 4.31 Å². The van der Waals surface area contributed by atoms with E-state index in [2.05, 4.69) is 31.4 Å². The lowest BCUT2D eigenvalue weighted by molar-refractivity contribution is 0.0357. The molecule has 1 saturated heterocycles. The second-order valence-corrected chi connectivity index (χ2v) is 16.7. The Morgan fingerprint density at radius 3 is 2.31 bits per heavy atom. The fourth-order valence-electron chi connectivity index (χ4n) is 4.50. The minimum atomic E-state index is -3.49. The molecule has 0 spiro atoms. The minimum absolute atomic E-state index is 0.118. The smallest absolute Gasteiger partial charge is 0.243 e. The predicted octanol–water partition coefficient (Wildman–Crippen LogP) is 3.44. The Labute approximate surface area is 159 Å². The quantitative estimate of drug-likeness (QED) is 0.780. The first kappa shape index (κ1) is 19.8. The SMILES string of the molecule is Cc1ccc(S(=O)(=O)N2CC3C(C(C)(C)O)C3(/C=C\[Si](C)(C)C)C2)cc1. The van der Waals surface area contributed by atoms with Gasteiger partial charge in [0.1, 0.15) is 0 Å². The molecule has 1 heterocycles. The van der Waals surface area contributed by atoms with Gasteiger partial charge in [-0.25, -0.2) is 8.42 Å². The standard InChI is InChI=1S/C20H31NO3SSi/c1-15-7-9-16(10-8-15)25(23,24)21-13-17-18(19(2,3)22)20(17,14-21)11-12-26(4,5)6/h7-12,17-18,22H,13-14H2,1-6H3/b12-11-. The zero-order chi connectivity index (χ0) is 19.5. The molecule has 3 rings (SSSR count). The normalized spacial score (nSPS) is 30.0. The lowest BCUT2D eigenvalue weighted by Gasteiger charge is -2.28. The zero-order valence-electron chi connectivity index (χ0n) is 16.7. The van der Waals surface area contributed by atoms with Crippen molar-refractivity contribution in [2.75, 3.05) is 13.1 Å². The number of rotatable bonds is 5. The first-order chi connectivity index (χ1) is 11.8. The summed E-state index contributed by atoms with van der Waals surface area (Å²) in [6.07, 6.45) is 2.23. The van der Waals surface area contributed by atoms with Gasteiger partial charge in [-0.05, 0) is 38.8 Å². The van der Waals surface area contributed by atoms with Gasteiger partial charge in [-0.1, -0.05) is 49.1 Å². The molecule has 144 valence electrons. The molecule has 1 saturated carbocycles. The molecule has 2 fully saturated rings. The Kier molecular flexibility index (Phi) is 4.59. The van der Waals surface area contributed by atoms with E-state index in [1.165, 1.54) is 0 Å². The van der Waals surface area contributed by atoms with Gasteiger partial charge < -0.3 is 5.11 Å². The summed E-state index contributed by atoms with van der Waals surface area (Å²) in [7, 11) is -4.89. The molecular formula is C20H31NO3SSi. The van der Waals surface area contributed by atoms with Crippen LogP contribution in [0.5, 0.6) is 0 Å². The van der Waals surface area contributed by atoms with Crippen molar-refractivity contribution in [3.63, 3.8) is 0 Å². The number of piperidine rings is 1. The average molecular weight is 394 g/mol. The minimum Gasteiger partial charge on any atom is -0.390 e.